The number of carbonyl (C=O) groups excluding carboxylic acids is 1. The summed E-state index contributed by atoms with van der Waals surface area (Å²) in [5.41, 5.74) is 0.785. The van der Waals surface area contributed by atoms with E-state index in [0.717, 1.165) is 28.8 Å². The maximum Gasteiger partial charge on any atom is 0.253 e. The lowest BCUT2D eigenvalue weighted by Gasteiger charge is -2.27. The summed E-state index contributed by atoms with van der Waals surface area (Å²) in [7, 11) is 1.90. The average Bonchev–Trinajstić information content (AvgIpc) is 2.39. The first-order valence-corrected chi connectivity index (χ1v) is 7.46. The van der Waals surface area contributed by atoms with Crippen LogP contribution < -0.4 is 5.32 Å². The number of rotatable bonds is 3. The molecule has 1 N–H and O–H groups in total. The van der Waals surface area contributed by atoms with Crippen LogP contribution in [0.15, 0.2) is 24.3 Å². The zero-order chi connectivity index (χ0) is 13.0. The number of hydrogen-bond acceptors (Lipinski definition) is 2. The van der Waals surface area contributed by atoms with Gasteiger partial charge in [-0.2, -0.15) is 0 Å². The molecule has 0 bridgehead atoms. The van der Waals surface area contributed by atoms with Crippen molar-refractivity contribution in [1.82, 2.24) is 10.2 Å². The molecule has 1 heterocycles. The highest BCUT2D eigenvalue weighted by atomic mass is 127. The van der Waals surface area contributed by atoms with Gasteiger partial charge < -0.3 is 10.2 Å². The van der Waals surface area contributed by atoms with E-state index in [1.165, 1.54) is 12.8 Å². The summed E-state index contributed by atoms with van der Waals surface area (Å²) in [4.78, 5) is 14.1. The van der Waals surface area contributed by atoms with E-state index in [9.17, 15) is 4.79 Å². The van der Waals surface area contributed by atoms with Crippen molar-refractivity contribution in [3.63, 3.8) is 0 Å². The van der Waals surface area contributed by atoms with E-state index in [4.69, 9.17) is 0 Å². The number of nitrogens with zero attached hydrogens (tertiary/aromatic N) is 1. The Bertz CT molecular complexity index is 416. The van der Waals surface area contributed by atoms with E-state index in [1.807, 2.05) is 36.2 Å². The molecular weight excluding hydrogens is 339 g/mol. The fraction of sp³-hybridized carbons (Fsp3) is 0.500. The molecule has 0 spiro atoms. The van der Waals surface area contributed by atoms with Gasteiger partial charge >= 0.3 is 0 Å². The Kier molecular flexibility index (Phi) is 5.00. The van der Waals surface area contributed by atoms with Crippen molar-refractivity contribution < 1.29 is 4.79 Å². The molecule has 1 fully saturated rings. The second-order valence-corrected chi connectivity index (χ2v) is 6.15. The van der Waals surface area contributed by atoms with Crippen molar-refractivity contribution in [2.45, 2.75) is 12.8 Å². The third kappa shape index (κ3) is 3.68. The second-order valence-electron chi connectivity index (χ2n) is 4.91. The van der Waals surface area contributed by atoms with Gasteiger partial charge in [-0.25, -0.2) is 0 Å². The third-order valence-corrected chi connectivity index (χ3v) is 4.02. The number of halogens is 1. The molecular formula is C14H19IN2O. The Morgan fingerprint density at radius 3 is 3.06 bits per heavy atom. The van der Waals surface area contributed by atoms with Crippen LogP contribution in [0.4, 0.5) is 0 Å². The van der Waals surface area contributed by atoms with E-state index >= 15 is 0 Å². The van der Waals surface area contributed by atoms with Gasteiger partial charge in [-0.3, -0.25) is 4.79 Å². The van der Waals surface area contributed by atoms with E-state index in [1.54, 1.807) is 0 Å². The van der Waals surface area contributed by atoms with Crippen molar-refractivity contribution in [3.8, 4) is 0 Å². The lowest BCUT2D eigenvalue weighted by Crippen LogP contribution is -2.39. The molecule has 3 nitrogen and oxygen atoms in total. The van der Waals surface area contributed by atoms with Crippen LogP contribution in [0.25, 0.3) is 0 Å². The van der Waals surface area contributed by atoms with Gasteiger partial charge in [-0.1, -0.05) is 6.07 Å². The molecule has 1 atom stereocenters. The zero-order valence-corrected chi connectivity index (χ0v) is 12.8. The summed E-state index contributed by atoms with van der Waals surface area (Å²) in [5, 5.41) is 3.39. The highest BCUT2D eigenvalue weighted by molar-refractivity contribution is 14.1. The summed E-state index contributed by atoms with van der Waals surface area (Å²) >= 11 is 2.24. The van der Waals surface area contributed by atoms with Crippen molar-refractivity contribution in [1.29, 1.82) is 0 Å². The van der Waals surface area contributed by atoms with Crippen LogP contribution in [0.2, 0.25) is 0 Å². The van der Waals surface area contributed by atoms with Crippen LogP contribution in [0.5, 0.6) is 0 Å². The predicted molar refractivity (Wildman–Crippen MR) is 81.7 cm³/mol. The minimum absolute atomic E-state index is 0.124. The van der Waals surface area contributed by atoms with Gasteiger partial charge in [0, 0.05) is 22.7 Å². The number of carbonyl (C=O) groups is 1. The highest BCUT2D eigenvalue weighted by Crippen LogP contribution is 2.14. The smallest absolute Gasteiger partial charge is 0.253 e. The summed E-state index contributed by atoms with van der Waals surface area (Å²) in [5.74, 6) is 0.717. The number of piperidine rings is 1. The van der Waals surface area contributed by atoms with Gasteiger partial charge in [0.2, 0.25) is 0 Å². The molecule has 1 unspecified atom stereocenters. The lowest BCUT2D eigenvalue weighted by atomic mass is 9.99. The quantitative estimate of drug-likeness (QED) is 0.842. The van der Waals surface area contributed by atoms with Gasteiger partial charge in [0.25, 0.3) is 5.91 Å². The summed E-state index contributed by atoms with van der Waals surface area (Å²) in [6, 6.07) is 7.77. The fourth-order valence-electron chi connectivity index (χ4n) is 2.39. The van der Waals surface area contributed by atoms with Crippen LogP contribution in [0, 0.1) is 9.49 Å². The van der Waals surface area contributed by atoms with E-state index in [2.05, 4.69) is 27.9 Å². The van der Waals surface area contributed by atoms with Crippen LogP contribution in [0.3, 0.4) is 0 Å². The van der Waals surface area contributed by atoms with Crippen LogP contribution in [-0.4, -0.2) is 37.5 Å². The number of nitrogens with one attached hydrogen (secondary N) is 1. The molecule has 1 aliphatic heterocycles. The molecule has 0 saturated carbocycles. The van der Waals surface area contributed by atoms with E-state index in [-0.39, 0.29) is 5.91 Å². The molecule has 1 aromatic rings. The normalized spacial score (nSPS) is 19.6. The van der Waals surface area contributed by atoms with Crippen molar-refractivity contribution >= 4 is 28.5 Å². The topological polar surface area (TPSA) is 32.3 Å². The Labute approximate surface area is 122 Å². The molecule has 1 saturated heterocycles. The van der Waals surface area contributed by atoms with Crippen molar-refractivity contribution in [2.24, 2.45) is 5.92 Å². The van der Waals surface area contributed by atoms with Crippen LogP contribution >= 0.6 is 22.6 Å². The first-order valence-electron chi connectivity index (χ1n) is 6.38. The Morgan fingerprint density at radius 1 is 1.56 bits per heavy atom. The monoisotopic (exact) mass is 358 g/mol. The molecule has 0 aliphatic carbocycles. The molecule has 0 radical (unpaired) electrons. The van der Waals surface area contributed by atoms with Crippen LogP contribution in [-0.2, 0) is 0 Å². The predicted octanol–water partition coefficient (Wildman–Crippen LogP) is 2.36. The van der Waals surface area contributed by atoms with E-state index < -0.39 is 0 Å². The molecule has 1 aromatic carbocycles. The van der Waals surface area contributed by atoms with Gasteiger partial charge in [0.1, 0.15) is 0 Å². The van der Waals surface area contributed by atoms with Gasteiger partial charge in [0.05, 0.1) is 0 Å². The Morgan fingerprint density at radius 2 is 2.39 bits per heavy atom. The minimum atomic E-state index is 0.124. The first-order chi connectivity index (χ1) is 8.66. The van der Waals surface area contributed by atoms with E-state index in [0.29, 0.717) is 5.92 Å². The number of hydrogen-bond donors (Lipinski definition) is 1. The number of amides is 1. The summed E-state index contributed by atoms with van der Waals surface area (Å²) in [6.45, 7) is 2.99. The van der Waals surface area contributed by atoms with Crippen molar-refractivity contribution in [3.05, 3.63) is 33.4 Å². The second kappa shape index (κ2) is 6.52. The molecule has 2 rings (SSSR count). The average molecular weight is 358 g/mol. The standard InChI is InChI=1S/C14H19IN2O/c1-17(10-11-4-3-7-16-9-11)14(18)12-5-2-6-13(15)8-12/h2,5-6,8,11,16H,3-4,7,9-10H2,1H3. The molecule has 1 aliphatic rings. The zero-order valence-electron chi connectivity index (χ0n) is 10.7. The van der Waals surface area contributed by atoms with Gasteiger partial charge in [-0.05, 0) is 72.6 Å². The van der Waals surface area contributed by atoms with Gasteiger partial charge in [-0.15, -0.1) is 0 Å². The highest BCUT2D eigenvalue weighted by Gasteiger charge is 2.18. The SMILES string of the molecule is CN(CC1CCCNC1)C(=O)c1cccc(I)c1. The van der Waals surface area contributed by atoms with Crippen LogP contribution in [0.1, 0.15) is 23.2 Å². The lowest BCUT2D eigenvalue weighted by molar-refractivity contribution is 0.0764. The minimum Gasteiger partial charge on any atom is -0.341 e. The fourth-order valence-corrected chi connectivity index (χ4v) is 2.94. The molecule has 4 heteroatoms. The third-order valence-electron chi connectivity index (χ3n) is 3.35. The maximum atomic E-state index is 12.3. The molecule has 1 amide bonds. The Balaban J connectivity index is 1.95. The maximum absolute atomic E-state index is 12.3. The van der Waals surface area contributed by atoms with Gasteiger partial charge in [0.15, 0.2) is 0 Å². The molecule has 0 aromatic heterocycles. The first kappa shape index (κ1) is 13.8. The Hall–Kier alpha value is -0.620. The molecule has 18 heavy (non-hydrogen) atoms. The largest absolute Gasteiger partial charge is 0.341 e. The summed E-state index contributed by atoms with van der Waals surface area (Å²) < 4.78 is 1.10. The summed E-state index contributed by atoms with van der Waals surface area (Å²) in [6.07, 6.45) is 2.44. The number of benzene rings is 1. The molecule has 98 valence electrons. The van der Waals surface area contributed by atoms with Crippen molar-refractivity contribution in [2.75, 3.05) is 26.7 Å².